The summed E-state index contributed by atoms with van der Waals surface area (Å²) in [6.45, 7) is 1.02. The second-order valence-electron chi connectivity index (χ2n) is 6.20. The van der Waals surface area contributed by atoms with Gasteiger partial charge in [-0.25, -0.2) is 0 Å². The Hall–Kier alpha value is -3.11. The Bertz CT molecular complexity index is 858. The van der Waals surface area contributed by atoms with Gasteiger partial charge in [0, 0.05) is 18.4 Å². The summed E-state index contributed by atoms with van der Waals surface area (Å²) in [4.78, 5) is 15.0. The van der Waals surface area contributed by atoms with Crippen molar-refractivity contribution in [1.82, 2.24) is 0 Å². The first-order chi connectivity index (χ1) is 13.2. The number of carbonyl (C=O) groups is 1. The number of amides is 1. The zero-order valence-corrected chi connectivity index (χ0v) is 15.6. The fourth-order valence-electron chi connectivity index (χ4n) is 2.87. The van der Waals surface area contributed by atoms with E-state index in [2.05, 4.69) is 0 Å². The van der Waals surface area contributed by atoms with Gasteiger partial charge >= 0.3 is 0 Å². The molecule has 3 rings (SSSR count). The molecule has 138 valence electrons. The van der Waals surface area contributed by atoms with Crippen molar-refractivity contribution in [3.05, 3.63) is 95.6 Å². The molecule has 4 heteroatoms. The van der Waals surface area contributed by atoms with Crippen LogP contribution < -0.4 is 9.64 Å². The van der Waals surface area contributed by atoms with E-state index in [1.54, 1.807) is 19.1 Å². The van der Waals surface area contributed by atoms with Crippen molar-refractivity contribution in [3.8, 4) is 5.75 Å². The van der Waals surface area contributed by atoms with Crippen LogP contribution >= 0.6 is 0 Å². The van der Waals surface area contributed by atoms with E-state index in [9.17, 15) is 4.79 Å². The topological polar surface area (TPSA) is 38.8 Å². The van der Waals surface area contributed by atoms with Gasteiger partial charge in [0.1, 0.15) is 5.75 Å². The van der Waals surface area contributed by atoms with Gasteiger partial charge in [0.25, 0.3) is 5.91 Å². The van der Waals surface area contributed by atoms with Crippen molar-refractivity contribution >= 4 is 11.6 Å². The lowest BCUT2D eigenvalue weighted by atomic mass is 10.1. The second-order valence-corrected chi connectivity index (χ2v) is 6.20. The van der Waals surface area contributed by atoms with Crippen LogP contribution in [0.1, 0.15) is 21.5 Å². The average molecular weight is 361 g/mol. The van der Waals surface area contributed by atoms with E-state index in [0.717, 1.165) is 22.6 Å². The highest BCUT2D eigenvalue weighted by atomic mass is 16.5. The fraction of sp³-hybridized carbons (Fsp3) is 0.174. The third-order valence-corrected chi connectivity index (χ3v) is 4.32. The summed E-state index contributed by atoms with van der Waals surface area (Å²) in [6, 6.07) is 25.0. The van der Waals surface area contributed by atoms with Gasteiger partial charge in [-0.1, -0.05) is 42.5 Å². The van der Waals surface area contributed by atoms with E-state index in [1.165, 1.54) is 0 Å². The Morgan fingerprint density at radius 1 is 0.815 bits per heavy atom. The lowest BCUT2D eigenvalue weighted by Crippen LogP contribution is -2.30. The Morgan fingerprint density at radius 2 is 1.48 bits per heavy atom. The zero-order valence-electron chi connectivity index (χ0n) is 15.6. The summed E-state index contributed by atoms with van der Waals surface area (Å²) in [6.07, 6.45) is 0. The number of nitrogens with zero attached hydrogens (tertiary/aromatic N) is 1. The molecule has 3 aromatic rings. The molecule has 1 amide bonds. The van der Waals surface area contributed by atoms with E-state index < -0.39 is 0 Å². The van der Waals surface area contributed by atoms with Gasteiger partial charge in [-0.05, 0) is 47.5 Å². The molecule has 3 aromatic carbocycles. The smallest absolute Gasteiger partial charge is 0.258 e. The monoisotopic (exact) mass is 361 g/mol. The number of rotatable bonds is 7. The molecule has 0 heterocycles. The molecule has 0 saturated carbocycles. The van der Waals surface area contributed by atoms with E-state index in [-0.39, 0.29) is 5.91 Å². The quantitative estimate of drug-likeness (QED) is 0.613. The molecular formula is C23H23NO3. The number of ether oxygens (including phenoxy) is 2. The first-order valence-corrected chi connectivity index (χ1v) is 8.79. The third-order valence-electron chi connectivity index (χ3n) is 4.32. The summed E-state index contributed by atoms with van der Waals surface area (Å²) in [5.74, 6) is 0.711. The van der Waals surface area contributed by atoms with Crippen LogP contribution in [-0.2, 0) is 17.9 Å². The summed E-state index contributed by atoms with van der Waals surface area (Å²) in [5.41, 5.74) is 3.57. The van der Waals surface area contributed by atoms with Crippen molar-refractivity contribution < 1.29 is 14.3 Å². The van der Waals surface area contributed by atoms with Gasteiger partial charge in [0.05, 0.1) is 20.3 Å². The van der Waals surface area contributed by atoms with Crippen molar-refractivity contribution in [1.29, 1.82) is 0 Å². The van der Waals surface area contributed by atoms with Crippen LogP contribution in [0.5, 0.6) is 5.75 Å². The maximum atomic E-state index is 13.2. The molecule has 0 saturated heterocycles. The van der Waals surface area contributed by atoms with Gasteiger partial charge < -0.3 is 14.4 Å². The molecule has 0 N–H and O–H groups in total. The number of carbonyl (C=O) groups excluding carboxylic acids is 1. The lowest BCUT2D eigenvalue weighted by Gasteiger charge is -2.23. The van der Waals surface area contributed by atoms with Crippen molar-refractivity contribution in [3.63, 3.8) is 0 Å². The Kier molecular flexibility index (Phi) is 6.23. The maximum absolute atomic E-state index is 13.2. The van der Waals surface area contributed by atoms with Crippen LogP contribution in [0.4, 0.5) is 5.69 Å². The second kappa shape index (κ2) is 9.01. The molecule has 0 aromatic heterocycles. The Morgan fingerprint density at radius 3 is 2.07 bits per heavy atom. The molecule has 0 aliphatic rings. The summed E-state index contributed by atoms with van der Waals surface area (Å²) < 4.78 is 10.4. The number of benzene rings is 3. The molecule has 27 heavy (non-hydrogen) atoms. The highest BCUT2D eigenvalue weighted by Gasteiger charge is 2.18. The van der Waals surface area contributed by atoms with E-state index in [4.69, 9.17) is 9.47 Å². The lowest BCUT2D eigenvalue weighted by molar-refractivity contribution is 0.0985. The number of hydrogen-bond donors (Lipinski definition) is 0. The predicted octanol–water partition coefficient (Wildman–Crippen LogP) is 4.69. The fourth-order valence-corrected chi connectivity index (χ4v) is 2.87. The van der Waals surface area contributed by atoms with Gasteiger partial charge in [0.2, 0.25) is 0 Å². The molecular weight excluding hydrogens is 338 g/mol. The van der Waals surface area contributed by atoms with Crippen LogP contribution in [0.2, 0.25) is 0 Å². The summed E-state index contributed by atoms with van der Waals surface area (Å²) in [5, 5.41) is 0. The average Bonchev–Trinajstić information content (AvgIpc) is 2.73. The van der Waals surface area contributed by atoms with Gasteiger partial charge in [0.15, 0.2) is 0 Å². The Balaban J connectivity index is 1.90. The predicted molar refractivity (Wildman–Crippen MR) is 107 cm³/mol. The largest absolute Gasteiger partial charge is 0.497 e. The highest BCUT2D eigenvalue weighted by molar-refractivity contribution is 6.06. The third kappa shape index (κ3) is 4.74. The van der Waals surface area contributed by atoms with E-state index in [0.29, 0.717) is 18.7 Å². The number of methoxy groups -OCH3 is 2. The Labute approximate surface area is 160 Å². The van der Waals surface area contributed by atoms with E-state index in [1.807, 2.05) is 78.9 Å². The molecule has 4 nitrogen and oxygen atoms in total. The molecule has 0 spiro atoms. The van der Waals surface area contributed by atoms with Gasteiger partial charge in [-0.3, -0.25) is 4.79 Å². The number of hydrogen-bond acceptors (Lipinski definition) is 3. The summed E-state index contributed by atoms with van der Waals surface area (Å²) >= 11 is 0. The zero-order chi connectivity index (χ0) is 19.1. The molecule has 0 aliphatic carbocycles. The molecule has 0 radical (unpaired) electrons. The van der Waals surface area contributed by atoms with Crippen molar-refractivity contribution in [2.45, 2.75) is 13.2 Å². The number of anilines is 1. The normalized spacial score (nSPS) is 10.4. The molecule has 0 atom stereocenters. The van der Waals surface area contributed by atoms with Crippen LogP contribution in [0.15, 0.2) is 78.9 Å². The SMILES string of the molecule is COCc1ccc(C(=O)N(Cc2ccccc2)c2ccc(OC)cc2)cc1. The maximum Gasteiger partial charge on any atom is 0.258 e. The van der Waals surface area contributed by atoms with Crippen molar-refractivity contribution in [2.24, 2.45) is 0 Å². The minimum atomic E-state index is -0.0482. The molecule has 0 unspecified atom stereocenters. The summed E-state index contributed by atoms with van der Waals surface area (Å²) in [7, 11) is 3.29. The first kappa shape index (κ1) is 18.7. The molecule has 0 fully saturated rings. The van der Waals surface area contributed by atoms with Crippen molar-refractivity contribution in [2.75, 3.05) is 19.1 Å². The van der Waals surface area contributed by atoms with Crippen LogP contribution in [-0.4, -0.2) is 20.1 Å². The van der Waals surface area contributed by atoms with Crippen LogP contribution in [0.25, 0.3) is 0 Å². The molecule has 0 bridgehead atoms. The minimum absolute atomic E-state index is 0.0482. The van der Waals surface area contributed by atoms with Crippen LogP contribution in [0.3, 0.4) is 0 Å². The first-order valence-electron chi connectivity index (χ1n) is 8.79. The molecule has 0 aliphatic heterocycles. The van der Waals surface area contributed by atoms with Gasteiger partial charge in [-0.15, -0.1) is 0 Å². The standard InChI is InChI=1S/C23H23NO3/c1-26-17-19-8-10-20(11-9-19)23(25)24(16-18-6-4-3-5-7-18)21-12-14-22(27-2)15-13-21/h3-15H,16-17H2,1-2H3. The minimum Gasteiger partial charge on any atom is -0.497 e. The van der Waals surface area contributed by atoms with Gasteiger partial charge in [-0.2, -0.15) is 0 Å². The van der Waals surface area contributed by atoms with Crippen LogP contribution in [0, 0.1) is 0 Å². The highest BCUT2D eigenvalue weighted by Crippen LogP contribution is 2.23. The van der Waals surface area contributed by atoms with E-state index >= 15 is 0 Å².